The highest BCUT2D eigenvalue weighted by atomic mass is 32.1. The summed E-state index contributed by atoms with van der Waals surface area (Å²) in [5.74, 6) is -1.79. The van der Waals surface area contributed by atoms with E-state index in [2.05, 4.69) is 20.4 Å². The monoisotopic (exact) mass is 1020 g/mol. The van der Waals surface area contributed by atoms with E-state index in [9.17, 15) is 19.2 Å². The van der Waals surface area contributed by atoms with Crippen molar-refractivity contribution in [2.75, 3.05) is 0 Å². The summed E-state index contributed by atoms with van der Waals surface area (Å²) in [6, 6.07) is 38.3. The molecule has 0 saturated carbocycles. The molecule has 0 bridgehead atoms. The molecule has 72 heavy (non-hydrogen) atoms. The molecule has 5 aromatic carbocycles. The van der Waals surface area contributed by atoms with Crippen molar-refractivity contribution >= 4 is 86.2 Å². The highest BCUT2D eigenvalue weighted by Gasteiger charge is 2.35. The maximum atomic E-state index is 15.0. The zero-order valence-corrected chi connectivity index (χ0v) is 41.8. The van der Waals surface area contributed by atoms with E-state index < -0.39 is 11.8 Å². The molecule has 0 amide bonds. The zero-order valence-electron chi connectivity index (χ0n) is 38.5. The van der Waals surface area contributed by atoms with Crippen molar-refractivity contribution in [3.05, 3.63) is 219 Å². The maximum absolute atomic E-state index is 15.0. The van der Waals surface area contributed by atoms with E-state index in [-0.39, 0.29) is 22.2 Å². The van der Waals surface area contributed by atoms with Gasteiger partial charge in [0.05, 0.1) is 63.1 Å². The molecule has 13 aromatic rings. The minimum absolute atomic E-state index is 0.356. The van der Waals surface area contributed by atoms with Crippen molar-refractivity contribution in [3.8, 4) is 20.5 Å². The average Bonchev–Trinajstić information content (AvgIpc) is 4.27. The molecule has 8 aromatic heterocycles. The molecule has 0 saturated heterocycles. The third kappa shape index (κ3) is 6.89. The van der Waals surface area contributed by atoms with Crippen molar-refractivity contribution in [2.24, 2.45) is 0 Å². The van der Waals surface area contributed by atoms with Crippen LogP contribution in [-0.4, -0.2) is 59.1 Å². The number of H-pyrrole nitrogens is 4. The third-order valence-corrected chi connectivity index (χ3v) is 17.2. The topological polar surface area (TPSA) is 203 Å². The summed E-state index contributed by atoms with van der Waals surface area (Å²) < 4.78 is 9.45. The van der Waals surface area contributed by atoms with Crippen LogP contribution >= 0.6 is 45.3 Å². The Morgan fingerprint density at radius 2 is 0.569 bits per heavy atom. The number of nitrogens with zero attached hydrogens (tertiary/aromatic N) is 8. The lowest BCUT2D eigenvalue weighted by Gasteiger charge is -2.19. The van der Waals surface area contributed by atoms with E-state index in [1.807, 2.05) is 149 Å². The Labute approximate surface area is 421 Å². The largest absolute Gasteiger partial charge is 0.293 e. The number of aromatic amines is 4. The number of aryl methyl sites for hydroxylation is 4. The number of para-hydroxylation sites is 4. The number of fused-ring (bicyclic) bond motifs is 4. The normalized spacial score (nSPS) is 12.1. The second kappa shape index (κ2) is 16.7. The molecule has 0 atom stereocenters. The molecule has 16 nitrogen and oxygen atoms in total. The molecule has 4 N–H and O–H groups in total. The van der Waals surface area contributed by atoms with Crippen LogP contribution in [0, 0.1) is 27.7 Å². The van der Waals surface area contributed by atoms with Gasteiger partial charge in [-0.25, -0.2) is 19.9 Å². The van der Waals surface area contributed by atoms with E-state index >= 15 is 0 Å². The second-order valence-corrected chi connectivity index (χ2v) is 21.6. The van der Waals surface area contributed by atoms with Crippen LogP contribution in [0.15, 0.2) is 141 Å². The molecular formula is C52H38N12O4S4. The predicted molar refractivity (Wildman–Crippen MR) is 286 cm³/mol. The van der Waals surface area contributed by atoms with Crippen molar-refractivity contribution < 1.29 is 0 Å². The van der Waals surface area contributed by atoms with Gasteiger partial charge >= 0.3 is 0 Å². The van der Waals surface area contributed by atoms with E-state index in [0.717, 1.165) is 40.9 Å². The minimum Gasteiger partial charge on any atom is -0.293 e. The maximum Gasteiger partial charge on any atom is 0.277 e. The van der Waals surface area contributed by atoms with Crippen LogP contribution in [-0.2, 0) is 0 Å². The van der Waals surface area contributed by atoms with E-state index in [1.165, 1.54) is 64.1 Å². The van der Waals surface area contributed by atoms with Crippen LogP contribution in [0.25, 0.3) is 61.4 Å². The number of hydrogen-bond acceptors (Lipinski definition) is 12. The van der Waals surface area contributed by atoms with Crippen LogP contribution in [0.4, 0.5) is 0 Å². The Morgan fingerprint density at radius 1 is 0.347 bits per heavy atom. The molecule has 0 aliphatic rings. The van der Waals surface area contributed by atoms with Crippen LogP contribution in [0.1, 0.15) is 68.0 Å². The van der Waals surface area contributed by atoms with E-state index in [1.54, 1.807) is 0 Å². The molecule has 354 valence electrons. The Balaban J connectivity index is 0.996. The summed E-state index contributed by atoms with van der Waals surface area (Å²) in [4.78, 5) is 79.2. The number of rotatable bonds is 10. The lowest BCUT2D eigenvalue weighted by Crippen LogP contribution is -2.26. The number of nitrogens with one attached hydrogen (secondary N) is 4. The van der Waals surface area contributed by atoms with Crippen molar-refractivity contribution in [1.82, 2.24) is 59.1 Å². The van der Waals surface area contributed by atoms with Crippen LogP contribution < -0.4 is 22.2 Å². The zero-order chi connectivity index (χ0) is 49.1. The smallest absolute Gasteiger partial charge is 0.277 e. The van der Waals surface area contributed by atoms with Crippen molar-refractivity contribution in [3.63, 3.8) is 0 Å². The predicted octanol–water partition coefficient (Wildman–Crippen LogP) is 9.64. The third-order valence-electron chi connectivity index (χ3n) is 13.1. The Bertz CT molecular complexity index is 3860. The van der Waals surface area contributed by atoms with Gasteiger partial charge in [0.15, 0.2) is 0 Å². The van der Waals surface area contributed by atoms with Crippen LogP contribution in [0.5, 0.6) is 0 Å². The number of aromatic nitrogens is 12. The molecule has 0 radical (unpaired) electrons. The highest BCUT2D eigenvalue weighted by Crippen LogP contribution is 2.38. The van der Waals surface area contributed by atoms with Gasteiger partial charge in [0.2, 0.25) is 20.5 Å². The first kappa shape index (κ1) is 43.7. The fourth-order valence-corrected chi connectivity index (χ4v) is 13.5. The molecule has 0 unspecified atom stereocenters. The van der Waals surface area contributed by atoms with Gasteiger partial charge in [-0.3, -0.25) is 39.6 Å². The van der Waals surface area contributed by atoms with E-state index in [0.29, 0.717) is 76.7 Å². The first-order valence-electron chi connectivity index (χ1n) is 22.8. The van der Waals surface area contributed by atoms with Gasteiger partial charge in [0.1, 0.15) is 0 Å². The van der Waals surface area contributed by atoms with Crippen molar-refractivity contribution in [2.45, 2.75) is 39.5 Å². The number of hydrogen-bond donors (Lipinski definition) is 4. The lowest BCUT2D eigenvalue weighted by atomic mass is 9.82. The van der Waals surface area contributed by atoms with Gasteiger partial charge in [0, 0.05) is 34.6 Å². The Morgan fingerprint density at radius 3 is 0.792 bits per heavy atom. The summed E-state index contributed by atoms with van der Waals surface area (Å²) in [5.41, 5.74) is 6.47. The fraction of sp³-hybridized carbons (Fsp3) is 0.115. The van der Waals surface area contributed by atoms with Crippen LogP contribution in [0.3, 0.4) is 0 Å². The van der Waals surface area contributed by atoms with Gasteiger partial charge in [-0.05, 0) is 87.4 Å². The number of thiazole rings is 4. The minimum atomic E-state index is -0.897. The SMILES string of the molecule is Cc1[nH]n(-c2nc3ccccc3s2)c(=O)c1C(c1ccc(C(c2c(C)[nH]n(-c3nc4ccccc4s3)c2=O)c2c(C)[nH]n(-c3nc4ccccc4s3)c2=O)cc1)c1c(C)[nH]n(-c2nc3ccccc3s2)c1=O. The lowest BCUT2D eigenvalue weighted by molar-refractivity contribution is 0.823. The van der Waals surface area contributed by atoms with Crippen LogP contribution in [0.2, 0.25) is 0 Å². The molecule has 0 spiro atoms. The van der Waals surface area contributed by atoms with Gasteiger partial charge in [0.25, 0.3) is 22.2 Å². The molecule has 0 fully saturated rings. The van der Waals surface area contributed by atoms with Gasteiger partial charge in [-0.2, -0.15) is 18.7 Å². The molecule has 13 rings (SSSR count). The summed E-state index contributed by atoms with van der Waals surface area (Å²) in [6.45, 7) is 7.29. The van der Waals surface area contributed by atoms with Gasteiger partial charge in [-0.15, -0.1) is 0 Å². The summed E-state index contributed by atoms with van der Waals surface area (Å²) in [6.07, 6.45) is 0. The molecular weight excluding hydrogens is 985 g/mol. The standard InChI is InChI=1S/C52H38N12O4S4/c1-25-39(45(65)61(57-25)49-53-31-13-5-9-17-35(31)69-49)43(40-26(2)58-62(46(40)66)50-54-32-14-6-10-18-36(32)70-50)29-21-23-30(24-22-29)44(41-27(3)59-63(47(41)67)51-55-33-15-7-11-19-37(33)71-51)42-28(4)60-64(48(42)68)52-56-34-16-8-12-20-38(34)72-52/h5-24,43-44,57-60H,1-4H3. The summed E-state index contributed by atoms with van der Waals surface area (Å²) in [7, 11) is 0. The first-order valence-corrected chi connectivity index (χ1v) is 26.1. The highest BCUT2D eigenvalue weighted by molar-refractivity contribution is 7.21. The second-order valence-electron chi connectivity index (χ2n) is 17.6. The molecule has 0 aliphatic carbocycles. The van der Waals surface area contributed by atoms with Gasteiger partial charge in [-0.1, -0.05) is 118 Å². The quantitative estimate of drug-likeness (QED) is 0.104. The van der Waals surface area contributed by atoms with Crippen molar-refractivity contribution in [1.29, 1.82) is 0 Å². The Kier molecular flexibility index (Phi) is 10.1. The molecule has 20 heteroatoms. The summed E-state index contributed by atoms with van der Waals surface area (Å²) >= 11 is 5.53. The molecule has 0 aliphatic heterocycles. The Hall–Kier alpha value is -8.30. The number of benzene rings is 5. The molecule has 8 heterocycles. The summed E-state index contributed by atoms with van der Waals surface area (Å²) in [5, 5.41) is 15.0. The average molecular weight is 1020 g/mol. The first-order chi connectivity index (χ1) is 35.0. The fourth-order valence-electron chi connectivity index (χ4n) is 9.80. The van der Waals surface area contributed by atoms with Gasteiger partial charge < -0.3 is 0 Å². The van der Waals surface area contributed by atoms with E-state index in [4.69, 9.17) is 19.9 Å².